The average molecular weight is 235 g/mol. The van der Waals surface area contributed by atoms with Crippen molar-refractivity contribution >= 4 is 17.0 Å². The van der Waals surface area contributed by atoms with Crippen LogP contribution in [0.4, 0.5) is 10.3 Å². The van der Waals surface area contributed by atoms with E-state index in [4.69, 9.17) is 0 Å². The van der Waals surface area contributed by atoms with Crippen LogP contribution < -0.4 is 5.32 Å². The van der Waals surface area contributed by atoms with Crippen molar-refractivity contribution in [3.8, 4) is 0 Å². The Hall–Kier alpha value is -1.58. The van der Waals surface area contributed by atoms with E-state index in [1.54, 1.807) is 6.07 Å². The lowest BCUT2D eigenvalue weighted by Gasteiger charge is -2.15. The number of fused-ring (bicyclic) bond motifs is 1. The fourth-order valence-electron chi connectivity index (χ4n) is 1.95. The van der Waals surface area contributed by atoms with Gasteiger partial charge in [0.05, 0.1) is 11.0 Å². The van der Waals surface area contributed by atoms with Gasteiger partial charge in [-0.15, -0.1) is 0 Å². The Morgan fingerprint density at radius 3 is 2.53 bits per heavy atom. The van der Waals surface area contributed by atoms with Crippen LogP contribution in [0.1, 0.15) is 33.7 Å². The molecule has 0 unspecified atom stereocenters. The SMILES string of the molecule is CC(C)Nc1nc2ccc(F)cc2n1C(C)C. The fraction of sp³-hybridized carbons (Fsp3) is 0.462. The van der Waals surface area contributed by atoms with Crippen molar-refractivity contribution in [3.63, 3.8) is 0 Å². The van der Waals surface area contributed by atoms with Crippen molar-refractivity contribution < 1.29 is 4.39 Å². The van der Waals surface area contributed by atoms with Gasteiger partial charge in [0.1, 0.15) is 5.82 Å². The van der Waals surface area contributed by atoms with Gasteiger partial charge in [0.15, 0.2) is 0 Å². The third-order valence-electron chi connectivity index (χ3n) is 2.59. The molecule has 0 saturated carbocycles. The monoisotopic (exact) mass is 235 g/mol. The minimum Gasteiger partial charge on any atom is -0.353 e. The first kappa shape index (κ1) is 11.9. The Labute approximate surface area is 101 Å². The standard InChI is InChI=1S/C13H18FN3/c1-8(2)15-13-16-11-6-5-10(14)7-12(11)17(13)9(3)4/h5-9H,1-4H3,(H,15,16). The number of anilines is 1. The number of halogens is 1. The molecule has 0 bridgehead atoms. The highest BCUT2D eigenvalue weighted by atomic mass is 19.1. The molecule has 92 valence electrons. The Kier molecular flexibility index (Phi) is 3.05. The molecular formula is C13H18FN3. The summed E-state index contributed by atoms with van der Waals surface area (Å²) in [4.78, 5) is 4.50. The first-order chi connectivity index (χ1) is 7.99. The molecule has 0 spiro atoms. The van der Waals surface area contributed by atoms with Crippen molar-refractivity contribution in [2.75, 3.05) is 5.32 Å². The van der Waals surface area contributed by atoms with E-state index in [1.165, 1.54) is 12.1 Å². The molecule has 0 aliphatic carbocycles. The third kappa shape index (κ3) is 2.25. The Morgan fingerprint density at radius 2 is 1.94 bits per heavy atom. The summed E-state index contributed by atoms with van der Waals surface area (Å²) in [6, 6.07) is 5.24. The van der Waals surface area contributed by atoms with Crippen molar-refractivity contribution in [1.82, 2.24) is 9.55 Å². The van der Waals surface area contributed by atoms with Crippen molar-refractivity contribution in [2.45, 2.75) is 39.8 Å². The normalized spacial score (nSPS) is 11.7. The van der Waals surface area contributed by atoms with Crippen LogP contribution in [-0.4, -0.2) is 15.6 Å². The van der Waals surface area contributed by atoms with Crippen molar-refractivity contribution in [2.24, 2.45) is 0 Å². The van der Waals surface area contributed by atoms with E-state index >= 15 is 0 Å². The van der Waals surface area contributed by atoms with E-state index in [1.807, 2.05) is 4.57 Å². The molecule has 4 heteroatoms. The molecule has 0 aliphatic rings. The molecule has 0 fully saturated rings. The van der Waals surface area contributed by atoms with Crippen LogP contribution in [0.5, 0.6) is 0 Å². The molecule has 2 aromatic rings. The quantitative estimate of drug-likeness (QED) is 0.881. The molecule has 0 saturated heterocycles. The number of hydrogen-bond donors (Lipinski definition) is 1. The zero-order valence-electron chi connectivity index (χ0n) is 10.7. The summed E-state index contributed by atoms with van der Waals surface area (Å²) < 4.78 is 15.3. The molecule has 0 aliphatic heterocycles. The van der Waals surface area contributed by atoms with Gasteiger partial charge in [-0.1, -0.05) is 0 Å². The first-order valence-corrected chi connectivity index (χ1v) is 5.93. The zero-order chi connectivity index (χ0) is 12.6. The maximum atomic E-state index is 13.3. The largest absolute Gasteiger partial charge is 0.353 e. The number of benzene rings is 1. The van der Waals surface area contributed by atoms with Crippen LogP contribution in [0.3, 0.4) is 0 Å². The van der Waals surface area contributed by atoms with E-state index < -0.39 is 0 Å². The fourth-order valence-corrected chi connectivity index (χ4v) is 1.95. The summed E-state index contributed by atoms with van der Waals surface area (Å²) in [5.74, 6) is 0.575. The summed E-state index contributed by atoms with van der Waals surface area (Å²) in [5, 5.41) is 3.29. The molecule has 1 aromatic carbocycles. The van der Waals surface area contributed by atoms with E-state index in [-0.39, 0.29) is 11.9 Å². The van der Waals surface area contributed by atoms with Gasteiger partial charge in [-0.3, -0.25) is 0 Å². The van der Waals surface area contributed by atoms with Gasteiger partial charge in [-0.25, -0.2) is 9.37 Å². The lowest BCUT2D eigenvalue weighted by Crippen LogP contribution is -2.15. The molecule has 0 radical (unpaired) electrons. The lowest BCUT2D eigenvalue weighted by atomic mass is 10.3. The third-order valence-corrected chi connectivity index (χ3v) is 2.59. The predicted octanol–water partition coefficient (Wildman–Crippen LogP) is 3.58. The number of hydrogen-bond acceptors (Lipinski definition) is 2. The minimum atomic E-state index is -0.226. The number of nitrogens with one attached hydrogen (secondary N) is 1. The van der Waals surface area contributed by atoms with Gasteiger partial charge >= 0.3 is 0 Å². The summed E-state index contributed by atoms with van der Waals surface area (Å²) in [6.07, 6.45) is 0. The van der Waals surface area contributed by atoms with Gasteiger partial charge in [-0.2, -0.15) is 0 Å². The Morgan fingerprint density at radius 1 is 1.24 bits per heavy atom. The summed E-state index contributed by atoms with van der Waals surface area (Å²) >= 11 is 0. The van der Waals surface area contributed by atoms with Gasteiger partial charge in [0, 0.05) is 12.1 Å². The smallest absolute Gasteiger partial charge is 0.204 e. The summed E-state index contributed by atoms with van der Waals surface area (Å²) in [5.41, 5.74) is 1.66. The highest BCUT2D eigenvalue weighted by molar-refractivity contribution is 5.79. The maximum Gasteiger partial charge on any atom is 0.204 e. The van der Waals surface area contributed by atoms with Crippen LogP contribution in [0, 0.1) is 5.82 Å². The van der Waals surface area contributed by atoms with Gasteiger partial charge < -0.3 is 9.88 Å². The minimum absolute atomic E-state index is 0.226. The number of aromatic nitrogens is 2. The number of rotatable bonds is 3. The molecule has 0 amide bonds. The van der Waals surface area contributed by atoms with E-state index in [2.05, 4.69) is 38.0 Å². The van der Waals surface area contributed by atoms with Gasteiger partial charge in [0.2, 0.25) is 5.95 Å². The lowest BCUT2D eigenvalue weighted by molar-refractivity contribution is 0.609. The highest BCUT2D eigenvalue weighted by Gasteiger charge is 2.14. The molecule has 1 aromatic heterocycles. The topological polar surface area (TPSA) is 29.9 Å². The molecule has 17 heavy (non-hydrogen) atoms. The van der Waals surface area contributed by atoms with Gasteiger partial charge in [-0.05, 0) is 45.9 Å². The van der Waals surface area contributed by atoms with Crippen LogP contribution in [0.15, 0.2) is 18.2 Å². The Bertz CT molecular complexity index is 529. The van der Waals surface area contributed by atoms with Gasteiger partial charge in [0.25, 0.3) is 0 Å². The van der Waals surface area contributed by atoms with Crippen LogP contribution in [-0.2, 0) is 0 Å². The number of nitrogens with zero attached hydrogens (tertiary/aromatic N) is 2. The molecule has 1 N–H and O–H groups in total. The predicted molar refractivity (Wildman–Crippen MR) is 68.8 cm³/mol. The zero-order valence-corrected chi connectivity index (χ0v) is 10.7. The second kappa shape index (κ2) is 4.35. The van der Waals surface area contributed by atoms with E-state index in [9.17, 15) is 4.39 Å². The van der Waals surface area contributed by atoms with Crippen LogP contribution in [0.25, 0.3) is 11.0 Å². The van der Waals surface area contributed by atoms with Crippen molar-refractivity contribution in [1.29, 1.82) is 0 Å². The second-order valence-electron chi connectivity index (χ2n) is 4.83. The number of imidazole rings is 1. The summed E-state index contributed by atoms with van der Waals surface area (Å²) in [6.45, 7) is 8.25. The van der Waals surface area contributed by atoms with Crippen LogP contribution in [0.2, 0.25) is 0 Å². The average Bonchev–Trinajstić information content (AvgIpc) is 2.53. The molecule has 0 atom stereocenters. The van der Waals surface area contributed by atoms with Crippen LogP contribution >= 0.6 is 0 Å². The van der Waals surface area contributed by atoms with Crippen molar-refractivity contribution in [3.05, 3.63) is 24.0 Å². The van der Waals surface area contributed by atoms with E-state index in [0.29, 0.717) is 6.04 Å². The Balaban J connectivity index is 2.63. The van der Waals surface area contributed by atoms with E-state index in [0.717, 1.165) is 17.0 Å². The molecule has 2 rings (SSSR count). The molecule has 1 heterocycles. The highest BCUT2D eigenvalue weighted by Crippen LogP contribution is 2.25. The maximum absolute atomic E-state index is 13.3. The molecular weight excluding hydrogens is 217 g/mol. The second-order valence-corrected chi connectivity index (χ2v) is 4.83. The summed E-state index contributed by atoms with van der Waals surface area (Å²) in [7, 11) is 0. The first-order valence-electron chi connectivity index (χ1n) is 5.93. The molecule has 3 nitrogen and oxygen atoms in total.